The number of nitrogens with zero attached hydrogens (tertiary/aromatic N) is 2. The molecule has 6 heteroatoms. The number of aromatic nitrogens is 2. The van der Waals surface area contributed by atoms with E-state index in [9.17, 15) is 9.59 Å². The lowest BCUT2D eigenvalue weighted by Gasteiger charge is -2.00. The maximum Gasteiger partial charge on any atom is 0.339 e. The molecule has 2 heterocycles. The fraction of sp³-hybridized carbons (Fsp3) is 0.200. The second kappa shape index (κ2) is 7.74. The van der Waals surface area contributed by atoms with E-state index < -0.39 is 5.97 Å². The van der Waals surface area contributed by atoms with E-state index in [2.05, 4.69) is 14.7 Å². The Kier molecular flexibility index (Phi) is 6.00. The van der Waals surface area contributed by atoms with Gasteiger partial charge in [-0.05, 0) is 37.1 Å². The van der Waals surface area contributed by atoms with Crippen LogP contribution in [0.25, 0.3) is 0 Å². The molecule has 0 unspecified atom stereocenters. The number of carbonyl (C=O) groups excluding carboxylic acids is 1. The number of aryl methyl sites for hydroxylation is 2. The largest absolute Gasteiger partial charge is 0.478 e. The highest BCUT2D eigenvalue weighted by Crippen LogP contribution is 2.05. The molecular formula is C15H16N2O4. The molecule has 0 amide bonds. The second-order valence-corrected chi connectivity index (χ2v) is 4.18. The third-order valence-electron chi connectivity index (χ3n) is 2.71. The Morgan fingerprint density at radius 2 is 1.48 bits per heavy atom. The summed E-state index contributed by atoms with van der Waals surface area (Å²) in [5.41, 5.74) is 2.41. The van der Waals surface area contributed by atoms with Gasteiger partial charge in [0.2, 0.25) is 0 Å². The van der Waals surface area contributed by atoms with Gasteiger partial charge >= 0.3 is 11.9 Å². The number of carboxylic acids is 1. The zero-order chi connectivity index (χ0) is 15.8. The molecule has 0 saturated heterocycles. The SMILES string of the molecule is COC(=O)c1cnccc1C.Cc1ccncc1C(=O)O. The number of aromatic carboxylic acids is 1. The minimum absolute atomic E-state index is 0.266. The number of carboxylic acid groups (broad SMARTS) is 1. The molecule has 0 bridgehead atoms. The van der Waals surface area contributed by atoms with Crippen molar-refractivity contribution in [3.63, 3.8) is 0 Å². The van der Waals surface area contributed by atoms with Crippen LogP contribution in [0.5, 0.6) is 0 Å². The van der Waals surface area contributed by atoms with Crippen molar-refractivity contribution in [2.75, 3.05) is 7.11 Å². The lowest BCUT2D eigenvalue weighted by atomic mass is 10.2. The fourth-order valence-corrected chi connectivity index (χ4v) is 1.48. The number of rotatable bonds is 2. The minimum Gasteiger partial charge on any atom is -0.478 e. The van der Waals surface area contributed by atoms with Crippen LogP contribution < -0.4 is 0 Å². The van der Waals surface area contributed by atoms with Crippen LogP contribution in [-0.4, -0.2) is 34.1 Å². The molecule has 21 heavy (non-hydrogen) atoms. The average Bonchev–Trinajstić information content (AvgIpc) is 2.48. The first-order valence-electron chi connectivity index (χ1n) is 6.10. The molecule has 110 valence electrons. The highest BCUT2D eigenvalue weighted by atomic mass is 16.5. The van der Waals surface area contributed by atoms with Crippen LogP contribution in [0.1, 0.15) is 31.8 Å². The molecule has 2 aromatic rings. The first-order chi connectivity index (χ1) is 9.97. The molecule has 0 saturated carbocycles. The van der Waals surface area contributed by atoms with Crippen molar-refractivity contribution in [1.82, 2.24) is 9.97 Å². The number of hydrogen-bond donors (Lipinski definition) is 1. The lowest BCUT2D eigenvalue weighted by Crippen LogP contribution is -2.03. The Balaban J connectivity index is 0.000000211. The van der Waals surface area contributed by atoms with E-state index in [-0.39, 0.29) is 11.5 Å². The molecule has 2 rings (SSSR count). The second-order valence-electron chi connectivity index (χ2n) is 4.18. The van der Waals surface area contributed by atoms with E-state index in [1.165, 1.54) is 19.5 Å². The first-order valence-corrected chi connectivity index (χ1v) is 6.10. The third-order valence-corrected chi connectivity index (χ3v) is 2.71. The number of hydrogen-bond acceptors (Lipinski definition) is 5. The molecular weight excluding hydrogens is 272 g/mol. The van der Waals surface area contributed by atoms with Gasteiger partial charge in [0, 0.05) is 24.8 Å². The summed E-state index contributed by atoms with van der Waals surface area (Å²) >= 11 is 0. The third kappa shape index (κ3) is 4.68. The molecule has 0 radical (unpaired) electrons. The summed E-state index contributed by atoms with van der Waals surface area (Å²) in [4.78, 5) is 28.9. The Bertz CT molecular complexity index is 641. The zero-order valence-electron chi connectivity index (χ0n) is 12.0. The number of ether oxygens (including phenoxy) is 1. The smallest absolute Gasteiger partial charge is 0.339 e. The maximum absolute atomic E-state index is 11.0. The first kappa shape index (κ1) is 16.3. The van der Waals surface area contributed by atoms with Crippen molar-refractivity contribution in [3.8, 4) is 0 Å². The van der Waals surface area contributed by atoms with Gasteiger partial charge in [0.05, 0.1) is 18.2 Å². The van der Waals surface area contributed by atoms with Gasteiger partial charge in [0.25, 0.3) is 0 Å². The predicted octanol–water partition coefficient (Wildman–Crippen LogP) is 2.26. The van der Waals surface area contributed by atoms with Crippen LogP contribution >= 0.6 is 0 Å². The van der Waals surface area contributed by atoms with Gasteiger partial charge in [0.15, 0.2) is 0 Å². The summed E-state index contributed by atoms with van der Waals surface area (Å²) in [6.45, 7) is 3.58. The van der Waals surface area contributed by atoms with Crippen molar-refractivity contribution in [3.05, 3.63) is 59.2 Å². The van der Waals surface area contributed by atoms with E-state index in [0.717, 1.165) is 11.1 Å². The Morgan fingerprint density at radius 1 is 1.00 bits per heavy atom. The average molecular weight is 288 g/mol. The summed E-state index contributed by atoms with van der Waals surface area (Å²) in [7, 11) is 1.36. The van der Waals surface area contributed by atoms with Crippen molar-refractivity contribution >= 4 is 11.9 Å². The van der Waals surface area contributed by atoms with E-state index in [0.29, 0.717) is 5.56 Å². The van der Waals surface area contributed by atoms with E-state index in [1.54, 1.807) is 31.5 Å². The Labute approximate surface area is 122 Å². The van der Waals surface area contributed by atoms with Crippen LogP contribution in [0.15, 0.2) is 36.9 Å². The summed E-state index contributed by atoms with van der Waals surface area (Å²) in [6.07, 6.45) is 6.06. The number of esters is 1. The zero-order valence-corrected chi connectivity index (χ0v) is 12.0. The highest BCUT2D eigenvalue weighted by molar-refractivity contribution is 5.90. The summed E-state index contributed by atoms with van der Waals surface area (Å²) < 4.78 is 4.54. The minimum atomic E-state index is -0.925. The van der Waals surface area contributed by atoms with E-state index >= 15 is 0 Å². The summed E-state index contributed by atoms with van der Waals surface area (Å²) in [6, 6.07) is 3.44. The van der Waals surface area contributed by atoms with Crippen molar-refractivity contribution in [2.24, 2.45) is 0 Å². The number of carbonyl (C=O) groups is 2. The molecule has 0 aliphatic heterocycles. The monoisotopic (exact) mass is 288 g/mol. The highest BCUT2D eigenvalue weighted by Gasteiger charge is 2.07. The number of methoxy groups -OCH3 is 1. The maximum atomic E-state index is 11.0. The van der Waals surface area contributed by atoms with Gasteiger partial charge in [-0.15, -0.1) is 0 Å². The predicted molar refractivity (Wildman–Crippen MR) is 76.2 cm³/mol. The van der Waals surface area contributed by atoms with Crippen molar-refractivity contribution in [1.29, 1.82) is 0 Å². The summed E-state index contributed by atoms with van der Waals surface area (Å²) in [5.74, 6) is -1.26. The quantitative estimate of drug-likeness (QED) is 0.853. The van der Waals surface area contributed by atoms with Gasteiger partial charge < -0.3 is 9.84 Å². The van der Waals surface area contributed by atoms with Crippen LogP contribution in [0.2, 0.25) is 0 Å². The molecule has 2 aromatic heterocycles. The van der Waals surface area contributed by atoms with Crippen molar-refractivity contribution < 1.29 is 19.4 Å². The van der Waals surface area contributed by atoms with E-state index in [4.69, 9.17) is 5.11 Å². The Hall–Kier alpha value is -2.76. The van der Waals surface area contributed by atoms with Crippen LogP contribution in [0.4, 0.5) is 0 Å². The lowest BCUT2D eigenvalue weighted by molar-refractivity contribution is 0.0598. The Morgan fingerprint density at radius 3 is 1.81 bits per heavy atom. The standard InChI is InChI=1S/C8H9NO2.C7H7NO2/c1-6-3-4-9-5-7(6)8(10)11-2;1-5-2-3-8-4-6(5)7(9)10/h3-5H,1-2H3;2-4H,1H3,(H,9,10). The molecule has 6 nitrogen and oxygen atoms in total. The van der Waals surface area contributed by atoms with E-state index in [1.807, 2.05) is 6.92 Å². The van der Waals surface area contributed by atoms with Crippen LogP contribution in [0, 0.1) is 13.8 Å². The van der Waals surface area contributed by atoms with Gasteiger partial charge in [-0.3, -0.25) is 9.97 Å². The molecule has 0 fully saturated rings. The molecule has 0 spiro atoms. The molecule has 0 atom stereocenters. The van der Waals surface area contributed by atoms with Crippen LogP contribution in [0.3, 0.4) is 0 Å². The fourth-order valence-electron chi connectivity index (χ4n) is 1.48. The normalized spacial score (nSPS) is 9.29. The van der Waals surface area contributed by atoms with Gasteiger partial charge in [0.1, 0.15) is 0 Å². The van der Waals surface area contributed by atoms with Crippen molar-refractivity contribution in [2.45, 2.75) is 13.8 Å². The number of pyridine rings is 2. The molecule has 0 aromatic carbocycles. The summed E-state index contributed by atoms with van der Waals surface area (Å²) in [5, 5.41) is 8.53. The topological polar surface area (TPSA) is 89.4 Å². The van der Waals surface area contributed by atoms with Gasteiger partial charge in [-0.1, -0.05) is 0 Å². The van der Waals surface area contributed by atoms with Crippen LogP contribution in [-0.2, 0) is 4.74 Å². The molecule has 1 N–H and O–H groups in total. The molecule has 0 aliphatic rings. The van der Waals surface area contributed by atoms with Gasteiger partial charge in [-0.25, -0.2) is 9.59 Å². The van der Waals surface area contributed by atoms with Gasteiger partial charge in [-0.2, -0.15) is 0 Å². The molecule has 0 aliphatic carbocycles.